The zero-order valence-electron chi connectivity index (χ0n) is 24.8. The SMILES string of the molecule is C=C1/C=C(\C)[C@@H](C)C[C@H](O)CC(=O)[C@H](O)[C@@H](O)[C@@H](C)C[C@@H](O)COC(=O)/C(C)=C/CC/C=C/[C@@H]2O[C@H]2C[C@@H](C)C1. The molecule has 0 aromatic heterocycles. The molecule has 8 nitrogen and oxygen atoms in total. The lowest BCUT2D eigenvalue weighted by atomic mass is 9.88. The highest BCUT2D eigenvalue weighted by atomic mass is 16.6. The molecule has 0 radical (unpaired) electrons. The molecule has 1 fully saturated rings. The Morgan fingerprint density at radius 3 is 2.33 bits per heavy atom. The van der Waals surface area contributed by atoms with Gasteiger partial charge in [-0.2, -0.15) is 0 Å². The number of allylic oxidation sites excluding steroid dienone is 5. The molecular weight excluding hydrogens is 512 g/mol. The molecule has 0 spiro atoms. The number of aliphatic hydroxyl groups excluding tert-OH is 4. The number of hydrogen-bond acceptors (Lipinski definition) is 8. The first-order valence-electron chi connectivity index (χ1n) is 14.5. The summed E-state index contributed by atoms with van der Waals surface area (Å²) < 4.78 is 11.0. The van der Waals surface area contributed by atoms with Crippen LogP contribution in [0.15, 0.2) is 47.6 Å². The normalized spacial score (nSPS) is 40.4. The third kappa shape index (κ3) is 11.8. The summed E-state index contributed by atoms with van der Waals surface area (Å²) in [5, 5.41) is 41.7. The lowest BCUT2D eigenvalue weighted by molar-refractivity contribution is -0.143. The topological polar surface area (TPSA) is 137 Å². The van der Waals surface area contributed by atoms with Crippen molar-refractivity contribution in [2.75, 3.05) is 6.61 Å². The number of ketones is 1. The average molecular weight is 563 g/mol. The van der Waals surface area contributed by atoms with Gasteiger partial charge in [0.15, 0.2) is 5.78 Å². The Kier molecular flexibility index (Phi) is 14.0. The first kappa shape index (κ1) is 34.1. The molecule has 2 aliphatic heterocycles. The quantitative estimate of drug-likeness (QED) is 0.198. The van der Waals surface area contributed by atoms with E-state index in [4.69, 9.17) is 9.47 Å². The predicted molar refractivity (Wildman–Crippen MR) is 154 cm³/mol. The molecule has 4 N–H and O–H groups in total. The Morgan fingerprint density at radius 2 is 1.62 bits per heavy atom. The molecule has 9 atom stereocenters. The summed E-state index contributed by atoms with van der Waals surface area (Å²) in [6, 6.07) is 0. The smallest absolute Gasteiger partial charge is 0.333 e. The van der Waals surface area contributed by atoms with Gasteiger partial charge in [0.25, 0.3) is 0 Å². The van der Waals surface area contributed by atoms with Crippen LogP contribution in [0.5, 0.6) is 0 Å². The standard InChI is InChI=1S/C32H50O8/c1-19-12-20(2)14-29-28(40-29)11-9-7-8-10-21(3)32(38)39-18-26(34)16-24(6)30(36)31(37)27(35)17-25(33)15-23(5)22(4)13-19/h9-11,13,20,23-26,28-31,33-34,36-37H,1,7-8,12,14-18H2,2-6H3/b11-9+,21-10+,22-13+/t20-,23-,24-,25-,26+,28-,29-,30-,31-/m0/s1. The molecule has 1 saturated heterocycles. The number of esters is 1. The van der Waals surface area contributed by atoms with E-state index in [-0.39, 0.29) is 37.6 Å². The molecule has 0 amide bonds. The highest BCUT2D eigenvalue weighted by Gasteiger charge is 2.37. The predicted octanol–water partition coefficient (Wildman–Crippen LogP) is 3.97. The first-order chi connectivity index (χ1) is 18.8. The molecule has 8 heteroatoms. The number of aliphatic hydroxyl groups is 4. The van der Waals surface area contributed by atoms with Gasteiger partial charge in [-0.3, -0.25) is 4.79 Å². The molecule has 2 aliphatic rings. The number of cyclic esters (lactones) is 1. The van der Waals surface area contributed by atoms with Crippen LogP contribution in [0.1, 0.15) is 79.6 Å². The summed E-state index contributed by atoms with van der Waals surface area (Å²) in [5.74, 6) is -1.45. The summed E-state index contributed by atoms with van der Waals surface area (Å²) >= 11 is 0. The highest BCUT2D eigenvalue weighted by Crippen LogP contribution is 2.32. The molecular formula is C32H50O8. The molecule has 0 unspecified atom stereocenters. The number of fused-ring (bicyclic) bond motifs is 1. The monoisotopic (exact) mass is 562 g/mol. The van der Waals surface area contributed by atoms with Crippen LogP contribution in [0, 0.1) is 17.8 Å². The van der Waals surface area contributed by atoms with Gasteiger partial charge >= 0.3 is 5.97 Å². The summed E-state index contributed by atoms with van der Waals surface area (Å²) in [6.07, 6.45) is 6.39. The summed E-state index contributed by atoms with van der Waals surface area (Å²) in [5.41, 5.74) is 2.50. The second kappa shape index (κ2) is 16.4. The minimum atomic E-state index is -1.69. The van der Waals surface area contributed by atoms with E-state index in [1.165, 1.54) is 0 Å². The van der Waals surface area contributed by atoms with Crippen molar-refractivity contribution in [3.63, 3.8) is 0 Å². The van der Waals surface area contributed by atoms with Gasteiger partial charge in [0, 0.05) is 12.0 Å². The van der Waals surface area contributed by atoms with Crippen LogP contribution in [0.3, 0.4) is 0 Å². The van der Waals surface area contributed by atoms with Crippen molar-refractivity contribution in [3.05, 3.63) is 47.6 Å². The second-order valence-electron chi connectivity index (χ2n) is 12.0. The fourth-order valence-electron chi connectivity index (χ4n) is 5.13. The van der Waals surface area contributed by atoms with Crippen LogP contribution < -0.4 is 0 Å². The molecule has 0 aromatic rings. The molecule has 2 rings (SSSR count). The van der Waals surface area contributed by atoms with Crippen molar-refractivity contribution >= 4 is 11.8 Å². The fraction of sp³-hybridized carbons (Fsp3) is 0.688. The number of carbonyl (C=O) groups is 2. The molecule has 40 heavy (non-hydrogen) atoms. The van der Waals surface area contributed by atoms with Gasteiger partial charge in [-0.05, 0) is 70.1 Å². The van der Waals surface area contributed by atoms with Crippen molar-refractivity contribution in [2.45, 2.75) is 116 Å². The van der Waals surface area contributed by atoms with E-state index >= 15 is 0 Å². The van der Waals surface area contributed by atoms with Crippen molar-refractivity contribution in [1.29, 1.82) is 0 Å². The molecule has 0 saturated carbocycles. The van der Waals surface area contributed by atoms with Crippen molar-refractivity contribution in [1.82, 2.24) is 0 Å². The highest BCUT2D eigenvalue weighted by molar-refractivity contribution is 5.87. The van der Waals surface area contributed by atoms with Gasteiger partial charge in [0.1, 0.15) is 18.8 Å². The third-order valence-electron chi connectivity index (χ3n) is 7.86. The minimum absolute atomic E-state index is 0.00393. The number of hydrogen-bond donors (Lipinski definition) is 4. The van der Waals surface area contributed by atoms with Crippen molar-refractivity contribution in [3.8, 4) is 0 Å². The zero-order valence-corrected chi connectivity index (χ0v) is 24.8. The van der Waals surface area contributed by atoms with E-state index in [1.54, 1.807) is 19.9 Å². The van der Waals surface area contributed by atoms with Crippen LogP contribution in [-0.4, -0.2) is 75.4 Å². The Bertz CT molecular complexity index is 951. The molecule has 0 aromatic carbocycles. The van der Waals surface area contributed by atoms with E-state index in [1.807, 2.05) is 19.9 Å². The van der Waals surface area contributed by atoms with E-state index in [0.717, 1.165) is 30.4 Å². The van der Waals surface area contributed by atoms with Crippen molar-refractivity contribution in [2.24, 2.45) is 17.8 Å². The third-order valence-corrected chi connectivity index (χ3v) is 7.86. The van der Waals surface area contributed by atoms with Crippen LogP contribution in [-0.2, 0) is 19.1 Å². The molecule has 0 aliphatic carbocycles. The van der Waals surface area contributed by atoms with E-state index in [9.17, 15) is 30.0 Å². The lowest BCUT2D eigenvalue weighted by Crippen LogP contribution is -2.41. The van der Waals surface area contributed by atoms with Crippen LogP contribution in [0.25, 0.3) is 0 Å². The summed E-state index contributed by atoms with van der Waals surface area (Å²) in [6.45, 7) is 13.3. The lowest BCUT2D eigenvalue weighted by Gasteiger charge is -2.26. The Balaban J connectivity index is 2.08. The van der Waals surface area contributed by atoms with Gasteiger partial charge in [-0.15, -0.1) is 0 Å². The summed E-state index contributed by atoms with van der Waals surface area (Å²) in [4.78, 5) is 24.8. The molecule has 2 heterocycles. The number of carbonyl (C=O) groups excluding carboxylic acids is 2. The molecule has 226 valence electrons. The number of Topliss-reactive ketones (excluding diaryl/α,β-unsaturated/α-hetero) is 1. The number of rotatable bonds is 0. The van der Waals surface area contributed by atoms with Crippen LogP contribution in [0.2, 0.25) is 0 Å². The molecule has 0 bridgehead atoms. The Labute approximate surface area is 239 Å². The van der Waals surface area contributed by atoms with Crippen molar-refractivity contribution < 1.29 is 39.5 Å². The second-order valence-corrected chi connectivity index (χ2v) is 12.0. The zero-order chi connectivity index (χ0) is 30.0. The fourth-order valence-corrected chi connectivity index (χ4v) is 5.13. The van der Waals surface area contributed by atoms with Gasteiger partial charge in [-0.25, -0.2) is 4.79 Å². The van der Waals surface area contributed by atoms with Crippen LogP contribution in [0.4, 0.5) is 0 Å². The average Bonchev–Trinajstić information content (AvgIpc) is 3.61. The maximum atomic E-state index is 12.6. The Morgan fingerprint density at radius 1 is 0.925 bits per heavy atom. The van der Waals surface area contributed by atoms with Gasteiger partial charge in [0.05, 0.1) is 24.4 Å². The van der Waals surface area contributed by atoms with Gasteiger partial charge in [0.2, 0.25) is 0 Å². The maximum Gasteiger partial charge on any atom is 0.333 e. The van der Waals surface area contributed by atoms with E-state index in [0.29, 0.717) is 24.3 Å². The van der Waals surface area contributed by atoms with Gasteiger partial charge in [-0.1, -0.05) is 62.8 Å². The largest absolute Gasteiger partial charge is 0.460 e. The van der Waals surface area contributed by atoms with E-state index < -0.39 is 42.1 Å². The van der Waals surface area contributed by atoms with Crippen LogP contribution >= 0.6 is 0 Å². The maximum absolute atomic E-state index is 12.6. The first-order valence-corrected chi connectivity index (χ1v) is 14.5. The van der Waals surface area contributed by atoms with Gasteiger partial charge < -0.3 is 29.9 Å². The Hall–Kier alpha value is -2.10. The number of epoxide rings is 1. The van der Waals surface area contributed by atoms with E-state index in [2.05, 4.69) is 25.7 Å². The number of ether oxygens (including phenoxy) is 2. The minimum Gasteiger partial charge on any atom is -0.460 e. The summed E-state index contributed by atoms with van der Waals surface area (Å²) in [7, 11) is 0.